The van der Waals surface area contributed by atoms with Gasteiger partial charge in [0, 0.05) is 35.5 Å². The van der Waals surface area contributed by atoms with Gasteiger partial charge in [-0.1, -0.05) is 88.4 Å². The van der Waals surface area contributed by atoms with Crippen molar-refractivity contribution in [2.75, 3.05) is 36.8 Å². The predicted octanol–water partition coefficient (Wildman–Crippen LogP) is 9.54. The molecule has 1 saturated carbocycles. The van der Waals surface area contributed by atoms with Gasteiger partial charge in [-0.2, -0.15) is 0 Å². The fraction of sp³-hybridized carbons (Fsp3) is 0.525. The largest absolute Gasteiger partial charge is 0.423 e. The first-order valence-electron chi connectivity index (χ1n) is 17.8. The molecule has 2 fully saturated rings. The fourth-order valence-corrected chi connectivity index (χ4v) is 9.41. The molecule has 0 spiro atoms. The molecule has 6 heteroatoms. The summed E-state index contributed by atoms with van der Waals surface area (Å²) in [7, 11) is 0. The molecule has 6 rings (SSSR count). The van der Waals surface area contributed by atoms with Gasteiger partial charge >= 0.3 is 0 Å². The van der Waals surface area contributed by atoms with E-state index in [0.29, 0.717) is 17.8 Å². The van der Waals surface area contributed by atoms with Crippen molar-refractivity contribution in [3.8, 4) is 0 Å². The highest BCUT2D eigenvalue weighted by Crippen LogP contribution is 2.49. The van der Waals surface area contributed by atoms with E-state index in [9.17, 15) is 0 Å². The average Bonchev–Trinajstić information content (AvgIpc) is 3.71. The summed E-state index contributed by atoms with van der Waals surface area (Å²) in [6.07, 6.45) is 9.15. The average molecular weight is 639 g/mol. The van der Waals surface area contributed by atoms with E-state index in [1.54, 1.807) is 0 Å². The van der Waals surface area contributed by atoms with E-state index in [2.05, 4.69) is 110 Å². The maximum atomic E-state index is 7.01. The number of hydrogen-bond acceptors (Lipinski definition) is 6. The summed E-state index contributed by atoms with van der Waals surface area (Å²) in [6.45, 7) is 13.4. The van der Waals surface area contributed by atoms with Crippen molar-refractivity contribution in [2.24, 2.45) is 17.8 Å². The molecule has 2 aliphatic rings. The number of thiophene rings is 1. The van der Waals surface area contributed by atoms with Crippen molar-refractivity contribution < 1.29 is 4.42 Å². The highest BCUT2D eigenvalue weighted by atomic mass is 32.1. The second-order valence-corrected chi connectivity index (χ2v) is 15.2. The molecule has 1 aliphatic heterocycles. The van der Waals surface area contributed by atoms with Crippen LogP contribution in [0.3, 0.4) is 0 Å². The molecule has 5 nitrogen and oxygen atoms in total. The Labute approximate surface area is 281 Å². The summed E-state index contributed by atoms with van der Waals surface area (Å²) >= 11 is 1.82. The number of aromatic nitrogens is 1. The topological polar surface area (TPSA) is 58.5 Å². The highest BCUT2D eigenvalue weighted by Gasteiger charge is 2.41. The number of rotatable bonds is 12. The van der Waals surface area contributed by atoms with Crippen LogP contribution < -0.4 is 10.6 Å². The van der Waals surface area contributed by atoms with Crippen molar-refractivity contribution in [1.82, 2.24) is 9.88 Å². The zero-order valence-corrected chi connectivity index (χ0v) is 29.3. The summed E-state index contributed by atoms with van der Waals surface area (Å²) < 4.78 is 7.01. The van der Waals surface area contributed by atoms with Crippen molar-refractivity contribution in [3.05, 3.63) is 99.7 Å². The zero-order chi connectivity index (χ0) is 32.1. The van der Waals surface area contributed by atoms with Gasteiger partial charge in [0.25, 0.3) is 0 Å². The summed E-state index contributed by atoms with van der Waals surface area (Å²) in [5.74, 6) is 3.82. The van der Waals surface area contributed by atoms with Crippen LogP contribution in [-0.2, 0) is 18.3 Å². The van der Waals surface area contributed by atoms with E-state index >= 15 is 0 Å². The van der Waals surface area contributed by atoms with Gasteiger partial charge < -0.3 is 15.1 Å². The number of benzene rings is 2. The molecule has 0 radical (unpaired) electrons. The summed E-state index contributed by atoms with van der Waals surface area (Å²) in [5, 5.41) is 2.15. The number of piperidine rings is 1. The molecule has 3 heterocycles. The maximum absolute atomic E-state index is 7.01. The summed E-state index contributed by atoms with van der Waals surface area (Å²) in [6, 6.07) is 24.0. The first-order valence-corrected chi connectivity index (χ1v) is 18.6. The fourth-order valence-electron chi connectivity index (χ4n) is 8.39. The lowest BCUT2D eigenvalue weighted by molar-refractivity contribution is 0.0810. The molecular formula is C40H54N4OS. The van der Waals surface area contributed by atoms with E-state index in [1.165, 1.54) is 54.5 Å². The van der Waals surface area contributed by atoms with Crippen LogP contribution in [-0.4, -0.2) is 36.1 Å². The second kappa shape index (κ2) is 14.8. The molecule has 1 unspecified atom stereocenters. The molecule has 0 bridgehead atoms. The number of nitrogen functional groups attached to an aromatic ring is 1. The smallest absolute Gasteiger partial charge is 0.219 e. The third kappa shape index (κ3) is 7.23. The van der Waals surface area contributed by atoms with Crippen molar-refractivity contribution in [1.29, 1.82) is 0 Å². The molecule has 1 atom stereocenters. The van der Waals surface area contributed by atoms with E-state index in [-0.39, 0.29) is 11.5 Å². The van der Waals surface area contributed by atoms with Crippen molar-refractivity contribution >= 4 is 22.9 Å². The normalized spacial score (nSPS) is 20.3. The minimum absolute atomic E-state index is 0.0967. The van der Waals surface area contributed by atoms with Crippen LogP contribution in [0.15, 0.2) is 76.5 Å². The molecule has 4 aromatic rings. The quantitative estimate of drug-likeness (QED) is 0.167. The predicted molar refractivity (Wildman–Crippen MR) is 194 cm³/mol. The van der Waals surface area contributed by atoms with Crippen LogP contribution in [0, 0.1) is 17.8 Å². The number of oxazole rings is 1. The van der Waals surface area contributed by atoms with E-state index in [1.807, 2.05) is 11.3 Å². The van der Waals surface area contributed by atoms with Gasteiger partial charge in [0.15, 0.2) is 0 Å². The van der Waals surface area contributed by atoms with Gasteiger partial charge in [0.2, 0.25) is 11.8 Å². The van der Waals surface area contributed by atoms with Gasteiger partial charge in [-0.3, -0.25) is 4.90 Å². The zero-order valence-electron chi connectivity index (χ0n) is 28.5. The summed E-state index contributed by atoms with van der Waals surface area (Å²) in [5.41, 5.74) is 11.3. The Kier molecular flexibility index (Phi) is 10.5. The van der Waals surface area contributed by atoms with Gasteiger partial charge in [0.1, 0.15) is 5.69 Å². The van der Waals surface area contributed by atoms with Gasteiger partial charge in [0.05, 0.1) is 6.04 Å². The molecule has 0 amide bonds. The molecule has 46 heavy (non-hydrogen) atoms. The van der Waals surface area contributed by atoms with Gasteiger partial charge in [-0.15, -0.1) is 11.3 Å². The van der Waals surface area contributed by atoms with Crippen molar-refractivity contribution in [2.45, 2.75) is 90.5 Å². The second-order valence-electron chi connectivity index (χ2n) is 14.3. The molecular weight excluding hydrogens is 585 g/mol. The minimum Gasteiger partial charge on any atom is -0.423 e. The molecule has 1 aliphatic carbocycles. The monoisotopic (exact) mass is 638 g/mol. The van der Waals surface area contributed by atoms with Crippen LogP contribution in [0.5, 0.6) is 0 Å². The Balaban J connectivity index is 1.23. The third-order valence-corrected chi connectivity index (χ3v) is 12.4. The Morgan fingerprint density at radius 1 is 0.891 bits per heavy atom. The van der Waals surface area contributed by atoms with Gasteiger partial charge in [-0.05, 0) is 98.4 Å². The van der Waals surface area contributed by atoms with E-state index in [4.69, 9.17) is 15.1 Å². The standard InChI is InChI=1S/C40H54N4OS/c1-5-43(6-2)36(32-17-19-33(20-18-32)40(3,4)37-34(41)23-26-46-37)38-42-35(28-30-15-11-8-12-16-30)39(45-38)44-24-21-31(22-25-44)27-29-13-9-7-10-14-29/h7-16,23,26,31-33,36H,5-6,17-22,24-25,27-28,41H2,1-4H3. The van der Waals surface area contributed by atoms with Crippen LogP contribution in [0.2, 0.25) is 0 Å². The molecule has 246 valence electrons. The Hall–Kier alpha value is -3.09. The van der Waals surface area contributed by atoms with E-state index < -0.39 is 0 Å². The molecule has 2 aromatic carbocycles. The third-order valence-electron chi connectivity index (χ3n) is 11.2. The minimum atomic E-state index is 0.0967. The number of nitrogens with two attached hydrogens (primary N) is 1. The lowest BCUT2D eigenvalue weighted by Gasteiger charge is -2.42. The lowest BCUT2D eigenvalue weighted by atomic mass is 9.66. The maximum Gasteiger partial charge on any atom is 0.219 e. The van der Waals surface area contributed by atoms with E-state index in [0.717, 1.165) is 62.2 Å². The summed E-state index contributed by atoms with van der Waals surface area (Å²) in [4.78, 5) is 11.9. The first kappa shape index (κ1) is 32.8. The first-order chi connectivity index (χ1) is 22.4. The number of nitrogens with zero attached hydrogens (tertiary/aromatic N) is 3. The number of hydrogen-bond donors (Lipinski definition) is 1. The highest BCUT2D eigenvalue weighted by molar-refractivity contribution is 7.10. The Morgan fingerprint density at radius 3 is 2.11 bits per heavy atom. The Bertz CT molecular complexity index is 1490. The van der Waals surface area contributed by atoms with Crippen LogP contribution in [0.4, 0.5) is 11.6 Å². The SMILES string of the molecule is CCN(CC)C(c1nc(Cc2ccccc2)c(N2CCC(Cc3ccccc3)CC2)o1)C1CCC(C(C)(C)c2sccc2N)CC1. The van der Waals surface area contributed by atoms with Gasteiger partial charge in [-0.25, -0.2) is 4.98 Å². The molecule has 2 aromatic heterocycles. The van der Waals surface area contributed by atoms with Crippen LogP contribution >= 0.6 is 11.3 Å². The van der Waals surface area contributed by atoms with Crippen LogP contribution in [0.25, 0.3) is 0 Å². The molecule has 2 N–H and O–H groups in total. The van der Waals surface area contributed by atoms with Crippen molar-refractivity contribution in [3.63, 3.8) is 0 Å². The number of anilines is 2. The molecule has 1 saturated heterocycles. The lowest BCUT2D eigenvalue weighted by Crippen LogP contribution is -2.38. The van der Waals surface area contributed by atoms with Crippen LogP contribution in [0.1, 0.15) is 99.9 Å². The Morgan fingerprint density at radius 2 is 1.52 bits per heavy atom.